The van der Waals surface area contributed by atoms with Crippen LogP contribution in [-0.4, -0.2) is 37.5 Å². The second-order valence-electron chi connectivity index (χ2n) is 7.54. The lowest BCUT2D eigenvalue weighted by Gasteiger charge is -2.08. The Morgan fingerprint density at radius 3 is 2.84 bits per heavy atom. The number of H-pyrrole nitrogens is 2. The highest BCUT2D eigenvalue weighted by Gasteiger charge is 2.42. The molecule has 3 heterocycles. The van der Waals surface area contributed by atoms with Gasteiger partial charge in [-0.05, 0) is 36.8 Å². The number of halogens is 1. The third-order valence-electron chi connectivity index (χ3n) is 5.51. The van der Waals surface area contributed by atoms with Crippen LogP contribution < -0.4 is 16.6 Å². The van der Waals surface area contributed by atoms with Crippen LogP contribution in [0.1, 0.15) is 24.8 Å². The third kappa shape index (κ3) is 3.82. The van der Waals surface area contributed by atoms with Crippen LogP contribution in [0.25, 0.3) is 16.9 Å². The Labute approximate surface area is 181 Å². The molecule has 0 aromatic carbocycles. The molecule has 9 nitrogen and oxygen atoms in total. The van der Waals surface area contributed by atoms with Gasteiger partial charge in [0.15, 0.2) is 5.65 Å². The maximum atomic E-state index is 14.3. The van der Waals surface area contributed by atoms with Gasteiger partial charge in [0.05, 0.1) is 17.5 Å². The van der Waals surface area contributed by atoms with Crippen LogP contribution >= 0.6 is 0 Å². The molecule has 164 valence electrons. The highest BCUT2D eigenvalue weighted by atomic mass is 19.1. The van der Waals surface area contributed by atoms with Crippen LogP contribution in [-0.2, 0) is 4.79 Å². The van der Waals surface area contributed by atoms with Crippen molar-refractivity contribution in [1.82, 2.24) is 29.9 Å². The van der Waals surface area contributed by atoms with E-state index in [0.717, 1.165) is 28.3 Å². The zero-order valence-electron chi connectivity index (χ0n) is 17.5. The number of hydrogen-bond acceptors (Lipinski definition) is 5. The van der Waals surface area contributed by atoms with Crippen molar-refractivity contribution in [3.63, 3.8) is 0 Å². The molecule has 2 atom stereocenters. The summed E-state index contributed by atoms with van der Waals surface area (Å²) in [7, 11) is 1.57. The highest BCUT2D eigenvalue weighted by Crippen LogP contribution is 2.53. The van der Waals surface area contributed by atoms with Crippen molar-refractivity contribution in [2.45, 2.75) is 19.3 Å². The van der Waals surface area contributed by atoms with E-state index in [1.54, 1.807) is 32.2 Å². The molecule has 0 radical (unpaired) electrons. The number of aromatic nitrogens is 5. The molecule has 10 heteroatoms. The summed E-state index contributed by atoms with van der Waals surface area (Å²) in [6, 6.07) is 1.70. The highest BCUT2D eigenvalue weighted by molar-refractivity contribution is 5.92. The smallest absolute Gasteiger partial charge is 0.325 e. The predicted molar refractivity (Wildman–Crippen MR) is 117 cm³/mol. The number of fused-ring (bicyclic) bond motifs is 1. The Morgan fingerprint density at radius 1 is 1.38 bits per heavy atom. The summed E-state index contributed by atoms with van der Waals surface area (Å²) < 4.78 is 15.4. The van der Waals surface area contributed by atoms with Gasteiger partial charge in [-0.2, -0.15) is 14.0 Å². The van der Waals surface area contributed by atoms with Gasteiger partial charge in [0.2, 0.25) is 11.9 Å². The molecule has 1 fully saturated rings. The molecule has 3 N–H and O–H groups in total. The quantitative estimate of drug-likeness (QED) is 0.402. The molecule has 1 saturated carbocycles. The van der Waals surface area contributed by atoms with E-state index < -0.39 is 17.2 Å². The number of aromatic amines is 2. The number of rotatable bonds is 6. The number of hydrogen-bond donors (Lipinski definition) is 3. The first-order valence-corrected chi connectivity index (χ1v) is 9.93. The third-order valence-corrected chi connectivity index (χ3v) is 5.51. The number of nitrogens with zero attached hydrogens (tertiary/aromatic N) is 3. The second kappa shape index (κ2) is 8.22. The zero-order chi connectivity index (χ0) is 23.0. The Kier molecular flexibility index (Phi) is 5.43. The van der Waals surface area contributed by atoms with E-state index in [1.165, 1.54) is 6.20 Å². The molecule has 32 heavy (non-hydrogen) atoms. The fourth-order valence-corrected chi connectivity index (χ4v) is 3.71. The van der Waals surface area contributed by atoms with Gasteiger partial charge < -0.3 is 10.3 Å². The molecular formula is C22H21FN6O3. The summed E-state index contributed by atoms with van der Waals surface area (Å²) >= 11 is 0. The van der Waals surface area contributed by atoms with Crippen molar-refractivity contribution < 1.29 is 9.18 Å². The average molecular weight is 436 g/mol. The first kappa shape index (κ1) is 21.2. The lowest BCUT2D eigenvalue weighted by molar-refractivity contribution is -0.116. The second-order valence-corrected chi connectivity index (χ2v) is 7.54. The molecule has 0 spiro atoms. The summed E-state index contributed by atoms with van der Waals surface area (Å²) in [4.78, 5) is 44.0. The summed E-state index contributed by atoms with van der Waals surface area (Å²) in [5.74, 6) is -0.740. The van der Waals surface area contributed by atoms with E-state index in [9.17, 15) is 18.8 Å². The molecular weight excluding hydrogens is 415 g/mol. The van der Waals surface area contributed by atoms with Crippen molar-refractivity contribution in [2.75, 3.05) is 7.05 Å². The van der Waals surface area contributed by atoms with Crippen LogP contribution in [0.5, 0.6) is 0 Å². The molecule has 0 unspecified atom stereocenters. The lowest BCUT2D eigenvalue weighted by Crippen LogP contribution is -2.23. The number of likely N-dealkylation sites (N-methyl/N-ethyl adjacent to an activating group) is 1. The van der Waals surface area contributed by atoms with Crippen molar-refractivity contribution in [2.24, 2.45) is 5.92 Å². The summed E-state index contributed by atoms with van der Waals surface area (Å²) in [6.45, 7) is 5.59. The van der Waals surface area contributed by atoms with Gasteiger partial charge in [-0.15, -0.1) is 0 Å². The minimum atomic E-state index is -0.662. The van der Waals surface area contributed by atoms with E-state index >= 15 is 0 Å². The maximum Gasteiger partial charge on any atom is 0.325 e. The Bertz CT molecular complexity index is 1410. The number of carbonyl (C=O) groups is 1. The van der Waals surface area contributed by atoms with Gasteiger partial charge in [-0.25, -0.2) is 9.78 Å². The van der Waals surface area contributed by atoms with E-state index in [4.69, 9.17) is 0 Å². The van der Waals surface area contributed by atoms with Gasteiger partial charge in [-0.3, -0.25) is 14.6 Å². The minimum absolute atomic E-state index is 0.000788. The van der Waals surface area contributed by atoms with E-state index in [0.29, 0.717) is 11.2 Å². The van der Waals surface area contributed by atoms with Crippen LogP contribution in [0, 0.1) is 11.9 Å². The Hall–Kier alpha value is -4.08. The number of allylic oxidation sites excluding steroid dienone is 4. The van der Waals surface area contributed by atoms with Crippen molar-refractivity contribution in [1.29, 1.82) is 0 Å². The monoisotopic (exact) mass is 436 g/mol. The number of amides is 1. The van der Waals surface area contributed by atoms with Crippen LogP contribution in [0.15, 0.2) is 64.0 Å². The van der Waals surface area contributed by atoms with Gasteiger partial charge in [0.25, 0.3) is 5.56 Å². The van der Waals surface area contributed by atoms with Crippen LogP contribution in [0.3, 0.4) is 0 Å². The van der Waals surface area contributed by atoms with Crippen molar-refractivity contribution in [3.8, 4) is 11.3 Å². The lowest BCUT2D eigenvalue weighted by atomic mass is 10.0. The molecule has 1 amide bonds. The first-order chi connectivity index (χ1) is 15.3. The summed E-state index contributed by atoms with van der Waals surface area (Å²) in [5.41, 5.74) is 1.65. The largest absolute Gasteiger partial charge is 0.355 e. The van der Waals surface area contributed by atoms with E-state index in [-0.39, 0.29) is 29.0 Å². The number of carbonyl (C=O) groups excluding carboxylic acids is 1. The standard InChI is InChI=1S/C22H21FN6O3/c1-4-12(6-5-11(2)20(30)24-3)13-7-14(13)15-8-17(16-9-26-22(32)27-21(16)31)28-29-18(23)10-25-19(15)29/h4-6,8-10,13-14H,1,7H2,2-3H3,(H,24,30)(H2,26,27,31,32)/b11-5+,12-6+/t13-,14+/m1/s1. The molecule has 3 aromatic rings. The molecule has 1 aliphatic rings. The Balaban J connectivity index is 1.75. The van der Waals surface area contributed by atoms with Gasteiger partial charge >= 0.3 is 5.69 Å². The molecule has 0 aliphatic heterocycles. The fraction of sp³-hybridized carbons (Fsp3) is 0.227. The van der Waals surface area contributed by atoms with Crippen LogP contribution in [0.2, 0.25) is 0 Å². The average Bonchev–Trinajstić information content (AvgIpc) is 3.48. The molecule has 1 aliphatic carbocycles. The van der Waals surface area contributed by atoms with Gasteiger partial charge in [-0.1, -0.05) is 24.8 Å². The minimum Gasteiger partial charge on any atom is -0.355 e. The molecule has 4 rings (SSSR count). The molecule has 0 bridgehead atoms. The molecule has 0 saturated heterocycles. The van der Waals surface area contributed by atoms with Crippen LogP contribution in [0.4, 0.5) is 4.39 Å². The maximum absolute atomic E-state index is 14.3. The van der Waals surface area contributed by atoms with Crippen molar-refractivity contribution in [3.05, 3.63) is 86.8 Å². The van der Waals surface area contributed by atoms with Gasteiger partial charge in [0, 0.05) is 24.4 Å². The first-order valence-electron chi connectivity index (χ1n) is 9.93. The normalized spacial score (nSPS) is 18.6. The zero-order valence-corrected chi connectivity index (χ0v) is 17.5. The number of nitrogens with one attached hydrogen (secondary N) is 3. The van der Waals surface area contributed by atoms with Gasteiger partial charge in [0.1, 0.15) is 0 Å². The van der Waals surface area contributed by atoms with E-state index in [1.807, 2.05) is 6.08 Å². The molecule has 3 aromatic heterocycles. The summed E-state index contributed by atoms with van der Waals surface area (Å²) in [5, 5.41) is 6.77. The fourth-order valence-electron chi connectivity index (χ4n) is 3.71. The topological polar surface area (TPSA) is 125 Å². The summed E-state index contributed by atoms with van der Waals surface area (Å²) in [6.07, 6.45) is 8.40. The van der Waals surface area contributed by atoms with Crippen molar-refractivity contribution >= 4 is 11.6 Å². The Morgan fingerprint density at radius 2 is 2.16 bits per heavy atom. The predicted octanol–water partition coefficient (Wildman–Crippen LogP) is 1.82. The number of imidazole rings is 1. The van der Waals surface area contributed by atoms with E-state index in [2.05, 4.69) is 31.9 Å². The SMILES string of the molecule is C=C/C(=C\C=C(/C)C(=O)NC)[C@H]1C[C@@H]1c1cc(-c2c[nH]c(=O)[nH]c2=O)nn2c(F)cnc12.